The lowest BCUT2D eigenvalue weighted by atomic mass is 10.2. The van der Waals surface area contributed by atoms with Crippen LogP contribution in [0, 0.1) is 0 Å². The molecule has 0 unspecified atom stereocenters. The Morgan fingerprint density at radius 1 is 1.05 bits per heavy atom. The zero-order valence-corrected chi connectivity index (χ0v) is 13.0. The number of rotatable bonds is 5. The lowest BCUT2D eigenvalue weighted by molar-refractivity contribution is 0.469. The summed E-state index contributed by atoms with van der Waals surface area (Å²) in [5.74, 6) is 1.50. The van der Waals surface area contributed by atoms with Gasteiger partial charge in [0.05, 0.1) is 0 Å². The molecule has 0 aliphatic heterocycles. The number of ether oxygens (including phenoxy) is 1. The second-order valence-electron chi connectivity index (χ2n) is 4.85. The molecule has 0 saturated carbocycles. The third kappa shape index (κ3) is 4.41. The van der Waals surface area contributed by atoms with E-state index < -0.39 is 0 Å². The summed E-state index contributed by atoms with van der Waals surface area (Å²) < 4.78 is 5.89. The fraction of sp³-hybridized carbons (Fsp3) is 0.250. The van der Waals surface area contributed by atoms with Crippen LogP contribution in [0.1, 0.15) is 19.4 Å². The SMILES string of the molecule is CC(C)NCc1cc(Cl)ccc1Oc1cccc(Cl)c1. The summed E-state index contributed by atoms with van der Waals surface area (Å²) in [5.41, 5.74) is 1.02. The van der Waals surface area contributed by atoms with Crippen LogP contribution in [-0.2, 0) is 6.54 Å². The van der Waals surface area contributed by atoms with Gasteiger partial charge >= 0.3 is 0 Å². The average molecular weight is 310 g/mol. The number of halogens is 2. The molecule has 20 heavy (non-hydrogen) atoms. The fourth-order valence-corrected chi connectivity index (χ4v) is 2.13. The van der Waals surface area contributed by atoms with E-state index in [1.54, 1.807) is 6.07 Å². The highest BCUT2D eigenvalue weighted by Crippen LogP contribution is 2.29. The fourth-order valence-electron chi connectivity index (χ4n) is 1.76. The second kappa shape index (κ2) is 6.98. The van der Waals surface area contributed by atoms with E-state index in [9.17, 15) is 0 Å². The van der Waals surface area contributed by atoms with E-state index in [2.05, 4.69) is 19.2 Å². The van der Waals surface area contributed by atoms with Crippen LogP contribution >= 0.6 is 23.2 Å². The molecule has 0 aromatic heterocycles. The molecule has 1 N–H and O–H groups in total. The lowest BCUT2D eigenvalue weighted by Gasteiger charge is -2.14. The maximum Gasteiger partial charge on any atom is 0.132 e. The highest BCUT2D eigenvalue weighted by Gasteiger charge is 2.07. The molecule has 0 bridgehead atoms. The van der Waals surface area contributed by atoms with E-state index in [1.165, 1.54) is 0 Å². The van der Waals surface area contributed by atoms with E-state index in [1.807, 2.05) is 36.4 Å². The summed E-state index contributed by atoms with van der Waals surface area (Å²) in [4.78, 5) is 0. The van der Waals surface area contributed by atoms with Gasteiger partial charge in [0.2, 0.25) is 0 Å². The van der Waals surface area contributed by atoms with Gasteiger partial charge in [0.15, 0.2) is 0 Å². The molecule has 4 heteroatoms. The van der Waals surface area contributed by atoms with Crippen molar-refractivity contribution < 1.29 is 4.74 Å². The Hall–Kier alpha value is -1.22. The standard InChI is InChI=1S/C16H17Cl2NO/c1-11(2)19-10-12-8-14(18)6-7-16(12)20-15-5-3-4-13(17)9-15/h3-9,11,19H,10H2,1-2H3. The summed E-state index contributed by atoms with van der Waals surface area (Å²) in [7, 11) is 0. The molecule has 2 rings (SSSR count). The van der Waals surface area contributed by atoms with Gasteiger partial charge in [-0.1, -0.05) is 43.1 Å². The number of nitrogens with one attached hydrogen (secondary N) is 1. The second-order valence-corrected chi connectivity index (χ2v) is 5.72. The molecular formula is C16H17Cl2NO. The van der Waals surface area contributed by atoms with Crippen molar-refractivity contribution in [1.82, 2.24) is 5.32 Å². The van der Waals surface area contributed by atoms with Crippen LogP contribution in [0.3, 0.4) is 0 Å². The van der Waals surface area contributed by atoms with Crippen molar-refractivity contribution >= 4 is 23.2 Å². The molecular weight excluding hydrogens is 293 g/mol. The van der Waals surface area contributed by atoms with Gasteiger partial charge in [-0.3, -0.25) is 0 Å². The van der Waals surface area contributed by atoms with Gasteiger partial charge < -0.3 is 10.1 Å². The third-order valence-corrected chi connectivity index (χ3v) is 3.22. The van der Waals surface area contributed by atoms with Gasteiger partial charge in [0.1, 0.15) is 11.5 Å². The van der Waals surface area contributed by atoms with E-state index >= 15 is 0 Å². The summed E-state index contributed by atoms with van der Waals surface area (Å²) in [6.45, 7) is 4.90. The predicted molar refractivity (Wildman–Crippen MR) is 85.0 cm³/mol. The maximum atomic E-state index is 6.06. The smallest absolute Gasteiger partial charge is 0.132 e. The van der Waals surface area contributed by atoms with Gasteiger partial charge in [0.25, 0.3) is 0 Å². The monoisotopic (exact) mass is 309 g/mol. The maximum absolute atomic E-state index is 6.06. The summed E-state index contributed by atoms with van der Waals surface area (Å²) in [6.07, 6.45) is 0. The first kappa shape index (κ1) is 15.2. The molecule has 0 aliphatic rings. The normalized spacial score (nSPS) is 10.8. The molecule has 2 nitrogen and oxygen atoms in total. The minimum Gasteiger partial charge on any atom is -0.457 e. The average Bonchev–Trinajstić information content (AvgIpc) is 2.39. The Labute approximate surface area is 129 Å². The first-order chi connectivity index (χ1) is 9.54. The van der Waals surface area contributed by atoms with Crippen LogP contribution in [0.25, 0.3) is 0 Å². The van der Waals surface area contributed by atoms with Crippen LogP contribution in [0.2, 0.25) is 10.0 Å². The van der Waals surface area contributed by atoms with Gasteiger partial charge in [-0.15, -0.1) is 0 Å². The Morgan fingerprint density at radius 2 is 1.80 bits per heavy atom. The van der Waals surface area contributed by atoms with Gasteiger partial charge in [-0.25, -0.2) is 0 Å². The Bertz CT molecular complexity index is 584. The first-order valence-corrected chi connectivity index (χ1v) is 7.25. The van der Waals surface area contributed by atoms with E-state index in [-0.39, 0.29) is 0 Å². The predicted octanol–water partition coefficient (Wildman–Crippen LogP) is 5.28. The number of hydrogen-bond donors (Lipinski definition) is 1. The lowest BCUT2D eigenvalue weighted by Crippen LogP contribution is -2.22. The Kier molecular flexibility index (Phi) is 5.30. The summed E-state index contributed by atoms with van der Waals surface area (Å²) in [5, 5.41) is 4.71. The molecule has 2 aromatic carbocycles. The van der Waals surface area contributed by atoms with Crippen LogP contribution in [0.4, 0.5) is 0 Å². The van der Waals surface area contributed by atoms with Crippen LogP contribution in [0.15, 0.2) is 42.5 Å². The topological polar surface area (TPSA) is 21.3 Å². The van der Waals surface area contributed by atoms with Crippen molar-refractivity contribution in [2.45, 2.75) is 26.4 Å². The quantitative estimate of drug-likeness (QED) is 0.811. The number of hydrogen-bond acceptors (Lipinski definition) is 2. The van der Waals surface area contributed by atoms with Crippen molar-refractivity contribution in [2.24, 2.45) is 0 Å². The Morgan fingerprint density at radius 3 is 2.50 bits per heavy atom. The molecule has 0 heterocycles. The van der Waals surface area contributed by atoms with E-state index in [0.29, 0.717) is 28.4 Å². The zero-order chi connectivity index (χ0) is 14.5. The summed E-state index contributed by atoms with van der Waals surface area (Å²) in [6, 6.07) is 13.3. The molecule has 0 aliphatic carbocycles. The van der Waals surface area contributed by atoms with Crippen LogP contribution in [0.5, 0.6) is 11.5 Å². The molecule has 0 fully saturated rings. The van der Waals surface area contributed by atoms with Crippen molar-refractivity contribution in [3.63, 3.8) is 0 Å². The van der Waals surface area contributed by atoms with Crippen molar-refractivity contribution in [3.8, 4) is 11.5 Å². The third-order valence-electron chi connectivity index (χ3n) is 2.75. The molecule has 0 saturated heterocycles. The highest BCUT2D eigenvalue weighted by atomic mass is 35.5. The molecule has 106 valence electrons. The van der Waals surface area contributed by atoms with Crippen molar-refractivity contribution in [1.29, 1.82) is 0 Å². The molecule has 0 radical (unpaired) electrons. The Balaban J connectivity index is 2.21. The van der Waals surface area contributed by atoms with Crippen molar-refractivity contribution in [2.75, 3.05) is 0 Å². The highest BCUT2D eigenvalue weighted by molar-refractivity contribution is 6.31. The molecule has 0 atom stereocenters. The minimum absolute atomic E-state index is 0.396. The van der Waals surface area contributed by atoms with Crippen LogP contribution in [-0.4, -0.2) is 6.04 Å². The number of benzene rings is 2. The largest absolute Gasteiger partial charge is 0.457 e. The zero-order valence-electron chi connectivity index (χ0n) is 11.5. The van der Waals surface area contributed by atoms with E-state index in [4.69, 9.17) is 27.9 Å². The minimum atomic E-state index is 0.396. The van der Waals surface area contributed by atoms with Gasteiger partial charge in [-0.05, 0) is 36.4 Å². The summed E-state index contributed by atoms with van der Waals surface area (Å²) >= 11 is 12.0. The van der Waals surface area contributed by atoms with Crippen LogP contribution < -0.4 is 10.1 Å². The first-order valence-electron chi connectivity index (χ1n) is 6.50. The molecule has 2 aromatic rings. The van der Waals surface area contributed by atoms with Gasteiger partial charge in [0, 0.05) is 28.2 Å². The molecule has 0 spiro atoms. The van der Waals surface area contributed by atoms with Crippen molar-refractivity contribution in [3.05, 3.63) is 58.1 Å². The van der Waals surface area contributed by atoms with Gasteiger partial charge in [-0.2, -0.15) is 0 Å². The molecule has 0 amide bonds. The van der Waals surface area contributed by atoms with E-state index in [0.717, 1.165) is 11.3 Å².